The molecule has 118 valence electrons. The van der Waals surface area contributed by atoms with E-state index in [4.69, 9.17) is 22.1 Å². The van der Waals surface area contributed by atoms with Crippen molar-refractivity contribution in [1.29, 1.82) is 0 Å². The van der Waals surface area contributed by atoms with E-state index in [-0.39, 0.29) is 22.5 Å². The van der Waals surface area contributed by atoms with E-state index in [0.29, 0.717) is 13.0 Å². The summed E-state index contributed by atoms with van der Waals surface area (Å²) < 4.78 is 19.3. The van der Waals surface area contributed by atoms with Crippen molar-refractivity contribution in [3.8, 4) is 0 Å². The minimum absolute atomic E-state index is 0.0912. The average Bonchev–Trinajstić information content (AvgIpc) is 2.46. The Hall–Kier alpha value is -0.640. The second-order valence-electron chi connectivity index (χ2n) is 6.24. The number of hydrogen-bond donors (Lipinski definition) is 1. The molecular formula is C17H25ClFNO. The van der Waals surface area contributed by atoms with Gasteiger partial charge in [0.2, 0.25) is 0 Å². The Balaban J connectivity index is 2.11. The van der Waals surface area contributed by atoms with E-state index >= 15 is 0 Å². The van der Waals surface area contributed by atoms with Crippen LogP contribution in [0.25, 0.3) is 0 Å². The summed E-state index contributed by atoms with van der Waals surface area (Å²) in [5.41, 5.74) is 7.19. The van der Waals surface area contributed by atoms with Gasteiger partial charge in [0.25, 0.3) is 0 Å². The molecule has 0 radical (unpaired) electrons. The van der Waals surface area contributed by atoms with Gasteiger partial charge in [-0.25, -0.2) is 4.39 Å². The molecule has 1 aromatic carbocycles. The smallest absolute Gasteiger partial charge is 0.141 e. The molecule has 1 unspecified atom stereocenters. The van der Waals surface area contributed by atoms with E-state index in [1.807, 2.05) is 6.92 Å². The van der Waals surface area contributed by atoms with Gasteiger partial charge in [0.05, 0.1) is 10.6 Å². The van der Waals surface area contributed by atoms with Crippen molar-refractivity contribution >= 4 is 11.6 Å². The molecule has 2 N–H and O–H groups in total. The van der Waals surface area contributed by atoms with Crippen LogP contribution in [0.2, 0.25) is 5.02 Å². The van der Waals surface area contributed by atoms with Crippen LogP contribution in [0.15, 0.2) is 18.2 Å². The topological polar surface area (TPSA) is 35.2 Å². The molecule has 1 aliphatic rings. The summed E-state index contributed by atoms with van der Waals surface area (Å²) >= 11 is 5.85. The Morgan fingerprint density at radius 2 is 2.10 bits per heavy atom. The highest BCUT2D eigenvalue weighted by molar-refractivity contribution is 6.30. The van der Waals surface area contributed by atoms with Crippen LogP contribution in [0.4, 0.5) is 4.39 Å². The first-order valence-electron chi connectivity index (χ1n) is 7.80. The summed E-state index contributed by atoms with van der Waals surface area (Å²) in [4.78, 5) is 0. The molecule has 2 nitrogen and oxygen atoms in total. The monoisotopic (exact) mass is 313 g/mol. The van der Waals surface area contributed by atoms with Gasteiger partial charge in [0.15, 0.2) is 0 Å². The standard InChI is InChI=1S/C17H25ClFNO/c1-3-21-17(8-6-12(2)7-9-17)16(20)11-13-4-5-15(19)14(18)10-13/h4-5,10,12,16H,3,6-9,11,20H2,1-2H3. The molecule has 0 amide bonds. The van der Waals surface area contributed by atoms with Gasteiger partial charge in [-0.05, 0) is 62.6 Å². The molecule has 2 rings (SSSR count). The zero-order valence-electron chi connectivity index (χ0n) is 12.9. The predicted molar refractivity (Wildman–Crippen MR) is 85.1 cm³/mol. The van der Waals surface area contributed by atoms with Crippen LogP contribution in [0, 0.1) is 11.7 Å². The van der Waals surface area contributed by atoms with Crippen LogP contribution in [0.3, 0.4) is 0 Å². The minimum Gasteiger partial charge on any atom is -0.374 e. The van der Waals surface area contributed by atoms with Gasteiger partial charge in [-0.15, -0.1) is 0 Å². The van der Waals surface area contributed by atoms with Crippen molar-refractivity contribution in [2.45, 2.75) is 57.6 Å². The van der Waals surface area contributed by atoms with Gasteiger partial charge in [-0.1, -0.05) is 24.6 Å². The minimum atomic E-state index is -0.389. The maximum Gasteiger partial charge on any atom is 0.141 e. The van der Waals surface area contributed by atoms with Gasteiger partial charge < -0.3 is 10.5 Å². The highest BCUT2D eigenvalue weighted by atomic mass is 35.5. The predicted octanol–water partition coefficient (Wildman–Crippen LogP) is 4.33. The largest absolute Gasteiger partial charge is 0.374 e. The van der Waals surface area contributed by atoms with E-state index in [1.165, 1.54) is 6.07 Å². The Bertz CT molecular complexity index is 472. The molecule has 1 atom stereocenters. The zero-order valence-corrected chi connectivity index (χ0v) is 13.6. The second-order valence-corrected chi connectivity index (χ2v) is 6.65. The van der Waals surface area contributed by atoms with Crippen LogP contribution in [-0.2, 0) is 11.2 Å². The summed E-state index contributed by atoms with van der Waals surface area (Å²) in [5.74, 6) is 0.353. The van der Waals surface area contributed by atoms with E-state index in [2.05, 4.69) is 6.92 Å². The van der Waals surface area contributed by atoms with E-state index < -0.39 is 0 Å². The van der Waals surface area contributed by atoms with Crippen molar-refractivity contribution in [1.82, 2.24) is 0 Å². The second kappa shape index (κ2) is 7.08. The molecule has 1 aromatic rings. The molecular weight excluding hydrogens is 289 g/mol. The van der Waals surface area contributed by atoms with Gasteiger partial charge in [0, 0.05) is 12.6 Å². The molecule has 0 heterocycles. The summed E-state index contributed by atoms with van der Waals surface area (Å²) in [6.45, 7) is 4.97. The Kier molecular flexibility index (Phi) is 5.64. The highest BCUT2D eigenvalue weighted by Crippen LogP contribution is 2.37. The Morgan fingerprint density at radius 1 is 1.43 bits per heavy atom. The van der Waals surface area contributed by atoms with Gasteiger partial charge >= 0.3 is 0 Å². The van der Waals surface area contributed by atoms with Crippen LogP contribution < -0.4 is 5.73 Å². The number of nitrogens with two attached hydrogens (primary N) is 1. The summed E-state index contributed by atoms with van der Waals surface area (Å²) in [6.07, 6.45) is 4.96. The van der Waals surface area contributed by atoms with Crippen molar-refractivity contribution in [2.75, 3.05) is 6.61 Å². The van der Waals surface area contributed by atoms with Crippen molar-refractivity contribution in [3.05, 3.63) is 34.6 Å². The number of ether oxygens (including phenoxy) is 1. The Labute approximate surface area is 131 Å². The zero-order chi connectivity index (χ0) is 15.5. The lowest BCUT2D eigenvalue weighted by Crippen LogP contribution is -2.53. The van der Waals surface area contributed by atoms with Gasteiger partial charge in [-0.3, -0.25) is 0 Å². The fraction of sp³-hybridized carbons (Fsp3) is 0.647. The normalized spacial score (nSPS) is 27.6. The third kappa shape index (κ3) is 3.97. The molecule has 0 aromatic heterocycles. The van der Waals surface area contributed by atoms with Gasteiger partial charge in [0.1, 0.15) is 5.82 Å². The molecule has 1 saturated carbocycles. The third-order valence-electron chi connectivity index (χ3n) is 4.67. The maximum absolute atomic E-state index is 13.2. The molecule has 1 fully saturated rings. The Morgan fingerprint density at radius 3 is 2.67 bits per heavy atom. The molecule has 21 heavy (non-hydrogen) atoms. The summed E-state index contributed by atoms with van der Waals surface area (Å²) in [7, 11) is 0. The van der Waals surface area contributed by atoms with E-state index in [0.717, 1.165) is 37.2 Å². The number of benzene rings is 1. The quantitative estimate of drug-likeness (QED) is 0.878. The van der Waals surface area contributed by atoms with Crippen LogP contribution in [0.5, 0.6) is 0 Å². The average molecular weight is 314 g/mol. The third-order valence-corrected chi connectivity index (χ3v) is 4.96. The lowest BCUT2D eigenvalue weighted by Gasteiger charge is -2.43. The summed E-state index contributed by atoms with van der Waals surface area (Å²) in [6, 6.07) is 4.74. The maximum atomic E-state index is 13.2. The first-order valence-corrected chi connectivity index (χ1v) is 8.18. The van der Waals surface area contributed by atoms with Crippen molar-refractivity contribution in [2.24, 2.45) is 11.7 Å². The van der Waals surface area contributed by atoms with Crippen LogP contribution >= 0.6 is 11.6 Å². The lowest BCUT2D eigenvalue weighted by molar-refractivity contribution is -0.0883. The number of rotatable bonds is 5. The first kappa shape index (κ1) is 16.7. The van der Waals surface area contributed by atoms with Crippen LogP contribution in [-0.4, -0.2) is 18.2 Å². The first-order chi connectivity index (χ1) is 9.97. The van der Waals surface area contributed by atoms with Crippen molar-refractivity contribution in [3.63, 3.8) is 0 Å². The molecule has 0 saturated heterocycles. The highest BCUT2D eigenvalue weighted by Gasteiger charge is 2.40. The molecule has 1 aliphatic carbocycles. The molecule has 0 aliphatic heterocycles. The molecule has 0 spiro atoms. The summed E-state index contributed by atoms with van der Waals surface area (Å²) in [5, 5.41) is 0.155. The van der Waals surface area contributed by atoms with E-state index in [1.54, 1.807) is 12.1 Å². The molecule has 0 bridgehead atoms. The van der Waals surface area contributed by atoms with Crippen LogP contribution in [0.1, 0.15) is 45.1 Å². The van der Waals surface area contributed by atoms with Crippen molar-refractivity contribution < 1.29 is 9.13 Å². The molecule has 4 heteroatoms. The fourth-order valence-electron chi connectivity index (χ4n) is 3.27. The lowest BCUT2D eigenvalue weighted by atomic mass is 9.74. The van der Waals surface area contributed by atoms with Gasteiger partial charge in [-0.2, -0.15) is 0 Å². The fourth-order valence-corrected chi connectivity index (χ4v) is 3.47. The number of hydrogen-bond acceptors (Lipinski definition) is 2. The SMILES string of the molecule is CCOC1(C(N)Cc2ccc(F)c(Cl)c2)CCC(C)CC1. The number of halogens is 2. The van der Waals surface area contributed by atoms with E-state index in [9.17, 15) is 4.39 Å².